The molecule has 0 aliphatic heterocycles. The van der Waals surface area contributed by atoms with Gasteiger partial charge in [-0.15, -0.1) is 0 Å². The molecule has 1 aromatic carbocycles. The molecule has 0 bridgehead atoms. The minimum Gasteiger partial charge on any atom is -0.469 e. The predicted octanol–water partition coefficient (Wildman–Crippen LogP) is 2.36. The monoisotopic (exact) mass is 286 g/mol. The number of methoxy groups -OCH3 is 1. The Morgan fingerprint density at radius 3 is 2.52 bits per heavy atom. The van der Waals surface area contributed by atoms with Crippen LogP contribution in [0, 0.1) is 6.92 Å². The van der Waals surface area contributed by atoms with E-state index in [1.807, 2.05) is 37.3 Å². The van der Waals surface area contributed by atoms with Crippen LogP contribution in [-0.4, -0.2) is 24.0 Å². The van der Waals surface area contributed by atoms with E-state index >= 15 is 0 Å². The van der Waals surface area contributed by atoms with Gasteiger partial charge in [0.05, 0.1) is 25.1 Å². The maximum atomic E-state index is 12.3. The first-order chi connectivity index (χ1) is 10.1. The van der Waals surface area contributed by atoms with Crippen LogP contribution < -0.4 is 5.32 Å². The minimum absolute atomic E-state index is 0.0930. The number of carbonyl (C=O) groups is 2. The van der Waals surface area contributed by atoms with Crippen LogP contribution in [0.4, 0.5) is 0 Å². The van der Waals surface area contributed by atoms with Gasteiger partial charge in [0.15, 0.2) is 0 Å². The van der Waals surface area contributed by atoms with Gasteiger partial charge in [-0.2, -0.15) is 0 Å². The number of rotatable bonds is 5. The average Bonchev–Trinajstić information content (AvgIpc) is 2.93. The SMILES string of the molecule is COC(=O)C[C@H](NC(=O)c1c[nH]cc1C)c1ccccc1. The minimum atomic E-state index is -0.416. The van der Waals surface area contributed by atoms with Crippen molar-refractivity contribution >= 4 is 11.9 Å². The van der Waals surface area contributed by atoms with Crippen LogP contribution in [0.15, 0.2) is 42.7 Å². The van der Waals surface area contributed by atoms with Gasteiger partial charge < -0.3 is 15.0 Å². The van der Waals surface area contributed by atoms with Gasteiger partial charge in [-0.25, -0.2) is 0 Å². The second-order valence-electron chi connectivity index (χ2n) is 4.77. The fraction of sp³-hybridized carbons (Fsp3) is 0.250. The van der Waals surface area contributed by atoms with Gasteiger partial charge in [-0.3, -0.25) is 9.59 Å². The number of esters is 1. The molecular weight excluding hydrogens is 268 g/mol. The first-order valence-electron chi connectivity index (χ1n) is 6.68. The number of H-pyrrole nitrogens is 1. The number of hydrogen-bond donors (Lipinski definition) is 2. The molecule has 5 heteroatoms. The van der Waals surface area contributed by atoms with E-state index in [1.54, 1.807) is 12.4 Å². The molecule has 5 nitrogen and oxygen atoms in total. The molecule has 0 radical (unpaired) electrons. The van der Waals surface area contributed by atoms with Crippen LogP contribution in [0.2, 0.25) is 0 Å². The lowest BCUT2D eigenvalue weighted by molar-refractivity contribution is -0.141. The van der Waals surface area contributed by atoms with Crippen molar-refractivity contribution in [1.82, 2.24) is 10.3 Å². The summed E-state index contributed by atoms with van der Waals surface area (Å²) >= 11 is 0. The van der Waals surface area contributed by atoms with Gasteiger partial charge in [0.1, 0.15) is 0 Å². The Kier molecular flexibility index (Phi) is 4.77. The predicted molar refractivity (Wildman–Crippen MR) is 78.8 cm³/mol. The summed E-state index contributed by atoms with van der Waals surface area (Å²) in [7, 11) is 1.34. The van der Waals surface area contributed by atoms with Crippen molar-refractivity contribution in [2.24, 2.45) is 0 Å². The molecule has 1 atom stereocenters. The molecule has 2 N–H and O–H groups in total. The standard InChI is InChI=1S/C16H18N2O3/c1-11-9-17-10-13(11)16(20)18-14(8-15(19)21-2)12-6-4-3-5-7-12/h3-7,9-10,14,17H,8H2,1-2H3,(H,18,20)/t14-/m0/s1. The molecular formula is C16H18N2O3. The lowest BCUT2D eigenvalue weighted by Gasteiger charge is -2.18. The van der Waals surface area contributed by atoms with Crippen molar-refractivity contribution in [3.8, 4) is 0 Å². The van der Waals surface area contributed by atoms with Gasteiger partial charge in [0.25, 0.3) is 5.91 Å². The zero-order valence-corrected chi connectivity index (χ0v) is 12.1. The molecule has 0 aliphatic carbocycles. The summed E-state index contributed by atoms with van der Waals surface area (Å²) in [6, 6.07) is 8.95. The van der Waals surface area contributed by atoms with Crippen LogP contribution >= 0.6 is 0 Å². The smallest absolute Gasteiger partial charge is 0.307 e. The number of benzene rings is 1. The fourth-order valence-corrected chi connectivity index (χ4v) is 2.11. The van der Waals surface area contributed by atoms with Crippen LogP contribution in [0.3, 0.4) is 0 Å². The highest BCUT2D eigenvalue weighted by Crippen LogP contribution is 2.18. The average molecular weight is 286 g/mol. The largest absolute Gasteiger partial charge is 0.469 e. The van der Waals surface area contributed by atoms with Crippen molar-refractivity contribution in [2.75, 3.05) is 7.11 Å². The molecule has 0 unspecified atom stereocenters. The van der Waals surface area contributed by atoms with Crippen molar-refractivity contribution in [3.63, 3.8) is 0 Å². The summed E-state index contributed by atoms with van der Waals surface area (Å²) in [6.45, 7) is 1.85. The Labute approximate surface area is 123 Å². The van der Waals surface area contributed by atoms with Crippen LogP contribution in [0.5, 0.6) is 0 Å². The van der Waals surface area contributed by atoms with E-state index in [0.29, 0.717) is 5.56 Å². The Balaban J connectivity index is 2.18. The topological polar surface area (TPSA) is 71.2 Å². The summed E-state index contributed by atoms with van der Waals surface area (Å²) < 4.78 is 4.70. The number of aromatic amines is 1. The van der Waals surface area contributed by atoms with Gasteiger partial charge in [-0.1, -0.05) is 30.3 Å². The normalized spacial score (nSPS) is 11.7. The molecule has 110 valence electrons. The van der Waals surface area contributed by atoms with E-state index in [1.165, 1.54) is 7.11 Å². The first kappa shape index (κ1) is 14.8. The number of carbonyl (C=O) groups excluding carboxylic acids is 2. The summed E-state index contributed by atoms with van der Waals surface area (Å²) in [5.41, 5.74) is 2.29. The Hall–Kier alpha value is -2.56. The van der Waals surface area contributed by atoms with Crippen LogP contribution in [0.1, 0.15) is 33.9 Å². The van der Waals surface area contributed by atoms with Gasteiger partial charge in [0.2, 0.25) is 0 Å². The zero-order chi connectivity index (χ0) is 15.2. The highest BCUT2D eigenvalue weighted by Gasteiger charge is 2.20. The number of aromatic nitrogens is 1. The van der Waals surface area contributed by atoms with E-state index in [-0.39, 0.29) is 18.3 Å². The Bertz CT molecular complexity index is 619. The van der Waals surface area contributed by atoms with Crippen LogP contribution in [-0.2, 0) is 9.53 Å². The molecule has 1 heterocycles. The second kappa shape index (κ2) is 6.74. The maximum absolute atomic E-state index is 12.3. The van der Waals surface area contributed by atoms with Gasteiger partial charge >= 0.3 is 5.97 Å². The van der Waals surface area contributed by atoms with Crippen molar-refractivity contribution < 1.29 is 14.3 Å². The number of aryl methyl sites for hydroxylation is 1. The molecule has 2 aromatic rings. The number of amides is 1. The Morgan fingerprint density at radius 1 is 1.24 bits per heavy atom. The molecule has 0 spiro atoms. The highest BCUT2D eigenvalue weighted by atomic mass is 16.5. The zero-order valence-electron chi connectivity index (χ0n) is 12.1. The van der Waals surface area contributed by atoms with Gasteiger partial charge in [0, 0.05) is 12.4 Å². The third-order valence-corrected chi connectivity index (χ3v) is 3.30. The summed E-state index contributed by atoms with van der Waals surface area (Å²) in [4.78, 5) is 26.7. The van der Waals surface area contributed by atoms with Gasteiger partial charge in [-0.05, 0) is 18.1 Å². The molecule has 1 amide bonds. The van der Waals surface area contributed by atoms with Crippen molar-refractivity contribution in [1.29, 1.82) is 0 Å². The molecule has 1 aromatic heterocycles. The lowest BCUT2D eigenvalue weighted by Crippen LogP contribution is -2.30. The van der Waals surface area contributed by atoms with E-state index < -0.39 is 6.04 Å². The van der Waals surface area contributed by atoms with E-state index in [0.717, 1.165) is 11.1 Å². The Morgan fingerprint density at radius 2 is 1.95 bits per heavy atom. The summed E-state index contributed by atoms with van der Waals surface area (Å²) in [5.74, 6) is -0.582. The molecule has 2 rings (SSSR count). The first-order valence-corrected chi connectivity index (χ1v) is 6.68. The molecule has 0 saturated heterocycles. The number of hydrogen-bond acceptors (Lipinski definition) is 3. The van der Waals surface area contributed by atoms with E-state index in [2.05, 4.69) is 10.3 Å². The highest BCUT2D eigenvalue weighted by molar-refractivity contribution is 5.95. The number of ether oxygens (including phenoxy) is 1. The van der Waals surface area contributed by atoms with Crippen molar-refractivity contribution in [2.45, 2.75) is 19.4 Å². The summed E-state index contributed by atoms with van der Waals surface area (Å²) in [5, 5.41) is 2.88. The third-order valence-electron chi connectivity index (χ3n) is 3.30. The van der Waals surface area contributed by atoms with E-state index in [9.17, 15) is 9.59 Å². The molecule has 0 fully saturated rings. The third kappa shape index (κ3) is 3.72. The molecule has 21 heavy (non-hydrogen) atoms. The number of nitrogens with one attached hydrogen (secondary N) is 2. The lowest BCUT2D eigenvalue weighted by atomic mass is 10.0. The maximum Gasteiger partial charge on any atom is 0.307 e. The van der Waals surface area contributed by atoms with E-state index in [4.69, 9.17) is 4.74 Å². The quantitative estimate of drug-likeness (QED) is 0.829. The molecule has 0 aliphatic rings. The van der Waals surface area contributed by atoms with Crippen LogP contribution in [0.25, 0.3) is 0 Å². The second-order valence-corrected chi connectivity index (χ2v) is 4.77. The van der Waals surface area contributed by atoms with Crippen molar-refractivity contribution in [3.05, 3.63) is 59.4 Å². The molecule has 0 saturated carbocycles. The summed E-state index contributed by atoms with van der Waals surface area (Å²) in [6.07, 6.45) is 3.49. The fourth-order valence-electron chi connectivity index (χ4n) is 2.11.